The maximum atomic E-state index is 13.5. The van der Waals surface area contributed by atoms with Crippen LogP contribution in [-0.2, 0) is 6.54 Å². The van der Waals surface area contributed by atoms with E-state index in [9.17, 15) is 8.78 Å². The van der Waals surface area contributed by atoms with E-state index in [1.807, 2.05) is 19.1 Å². The zero-order valence-corrected chi connectivity index (χ0v) is 13.0. The molecule has 4 heteroatoms. The number of aryl methyl sites for hydroxylation is 1. The third-order valence-electron chi connectivity index (χ3n) is 3.23. The first-order valence-electron chi connectivity index (χ1n) is 6.40. The summed E-state index contributed by atoms with van der Waals surface area (Å²) in [6.07, 6.45) is 0. The SMILES string of the molecule is Cc1ccc(C(C)NCc2cc(F)cc(Br)c2)cc1F. The quantitative estimate of drug-likeness (QED) is 0.836. The van der Waals surface area contributed by atoms with E-state index in [0.717, 1.165) is 11.1 Å². The smallest absolute Gasteiger partial charge is 0.126 e. The summed E-state index contributed by atoms with van der Waals surface area (Å²) in [5.41, 5.74) is 2.36. The largest absolute Gasteiger partial charge is 0.306 e. The highest BCUT2D eigenvalue weighted by Crippen LogP contribution is 2.18. The van der Waals surface area contributed by atoms with Gasteiger partial charge in [0.2, 0.25) is 0 Å². The molecule has 0 bridgehead atoms. The molecular formula is C16H16BrF2N. The van der Waals surface area contributed by atoms with Gasteiger partial charge in [-0.1, -0.05) is 28.1 Å². The van der Waals surface area contributed by atoms with E-state index in [-0.39, 0.29) is 17.7 Å². The predicted molar refractivity (Wildman–Crippen MR) is 80.5 cm³/mol. The number of hydrogen-bond acceptors (Lipinski definition) is 1. The lowest BCUT2D eigenvalue weighted by molar-refractivity contribution is 0.559. The minimum atomic E-state index is -0.273. The molecule has 0 aliphatic heterocycles. The van der Waals surface area contributed by atoms with Crippen LogP contribution < -0.4 is 5.32 Å². The Morgan fingerprint density at radius 2 is 1.90 bits per heavy atom. The second-order valence-corrected chi connectivity index (χ2v) is 5.80. The van der Waals surface area contributed by atoms with Crippen molar-refractivity contribution >= 4 is 15.9 Å². The third kappa shape index (κ3) is 3.87. The highest BCUT2D eigenvalue weighted by atomic mass is 79.9. The summed E-state index contributed by atoms with van der Waals surface area (Å²) < 4.78 is 27.5. The Labute approximate surface area is 126 Å². The van der Waals surface area contributed by atoms with Gasteiger partial charge in [0.05, 0.1) is 0 Å². The van der Waals surface area contributed by atoms with Gasteiger partial charge in [-0.25, -0.2) is 8.78 Å². The molecule has 1 atom stereocenters. The van der Waals surface area contributed by atoms with Gasteiger partial charge in [0.1, 0.15) is 11.6 Å². The summed E-state index contributed by atoms with van der Waals surface area (Å²) in [5, 5.41) is 3.26. The van der Waals surface area contributed by atoms with Crippen LogP contribution in [0.4, 0.5) is 8.78 Å². The Kier molecular flexibility index (Phi) is 4.89. The van der Waals surface area contributed by atoms with Crippen molar-refractivity contribution in [2.75, 3.05) is 0 Å². The molecule has 0 aromatic heterocycles. The molecule has 0 fully saturated rings. The Morgan fingerprint density at radius 1 is 1.15 bits per heavy atom. The fourth-order valence-corrected chi connectivity index (χ4v) is 2.49. The maximum Gasteiger partial charge on any atom is 0.126 e. The van der Waals surface area contributed by atoms with Gasteiger partial charge >= 0.3 is 0 Å². The second kappa shape index (κ2) is 6.46. The number of rotatable bonds is 4. The normalized spacial score (nSPS) is 12.4. The molecule has 0 heterocycles. The molecule has 2 aromatic rings. The van der Waals surface area contributed by atoms with Crippen LogP contribution in [-0.4, -0.2) is 0 Å². The number of hydrogen-bond donors (Lipinski definition) is 1. The van der Waals surface area contributed by atoms with Crippen molar-refractivity contribution < 1.29 is 8.78 Å². The molecule has 0 saturated carbocycles. The van der Waals surface area contributed by atoms with Crippen molar-refractivity contribution in [3.05, 3.63) is 69.2 Å². The van der Waals surface area contributed by atoms with Crippen LogP contribution in [0.15, 0.2) is 40.9 Å². The molecular weight excluding hydrogens is 324 g/mol. The average molecular weight is 340 g/mol. The molecule has 0 aliphatic carbocycles. The summed E-state index contributed by atoms with van der Waals surface area (Å²) in [6.45, 7) is 4.22. The monoisotopic (exact) mass is 339 g/mol. The van der Waals surface area contributed by atoms with E-state index >= 15 is 0 Å². The van der Waals surface area contributed by atoms with Crippen LogP contribution in [0.25, 0.3) is 0 Å². The molecule has 0 saturated heterocycles. The van der Waals surface area contributed by atoms with Crippen molar-refractivity contribution in [1.29, 1.82) is 0 Å². The predicted octanol–water partition coefficient (Wildman–Crippen LogP) is 4.89. The van der Waals surface area contributed by atoms with Crippen molar-refractivity contribution in [3.8, 4) is 0 Å². The lowest BCUT2D eigenvalue weighted by atomic mass is 10.1. The first-order valence-corrected chi connectivity index (χ1v) is 7.19. The Hall–Kier alpha value is -1.26. The first kappa shape index (κ1) is 15.1. The molecule has 0 radical (unpaired) electrons. The van der Waals surface area contributed by atoms with E-state index < -0.39 is 0 Å². The summed E-state index contributed by atoms with van der Waals surface area (Å²) in [5.74, 6) is -0.477. The van der Waals surface area contributed by atoms with Gasteiger partial charge in [-0.05, 0) is 54.8 Å². The fourth-order valence-electron chi connectivity index (χ4n) is 1.98. The van der Waals surface area contributed by atoms with Gasteiger partial charge in [0.25, 0.3) is 0 Å². The van der Waals surface area contributed by atoms with Crippen LogP contribution in [0.3, 0.4) is 0 Å². The topological polar surface area (TPSA) is 12.0 Å². The standard InChI is InChI=1S/C16H16BrF2N/c1-10-3-4-13(7-16(10)19)11(2)20-9-12-5-14(17)8-15(18)6-12/h3-8,11,20H,9H2,1-2H3. The zero-order valence-electron chi connectivity index (χ0n) is 11.4. The van der Waals surface area contributed by atoms with Gasteiger partial charge in [0, 0.05) is 17.1 Å². The van der Waals surface area contributed by atoms with Crippen LogP contribution in [0.2, 0.25) is 0 Å². The van der Waals surface area contributed by atoms with E-state index in [0.29, 0.717) is 16.6 Å². The third-order valence-corrected chi connectivity index (χ3v) is 3.69. The molecule has 20 heavy (non-hydrogen) atoms. The molecule has 1 N–H and O–H groups in total. The van der Waals surface area contributed by atoms with Gasteiger partial charge in [-0.2, -0.15) is 0 Å². The summed E-state index contributed by atoms with van der Waals surface area (Å²) in [4.78, 5) is 0. The molecule has 2 rings (SSSR count). The molecule has 0 spiro atoms. The number of benzene rings is 2. The van der Waals surface area contributed by atoms with Crippen molar-refractivity contribution in [1.82, 2.24) is 5.32 Å². The average Bonchev–Trinajstić information content (AvgIpc) is 2.38. The van der Waals surface area contributed by atoms with Gasteiger partial charge < -0.3 is 5.32 Å². The molecule has 0 aliphatic rings. The van der Waals surface area contributed by atoms with E-state index in [2.05, 4.69) is 21.2 Å². The summed E-state index contributed by atoms with van der Waals surface area (Å²) in [6, 6.07) is 9.96. The molecule has 1 nitrogen and oxygen atoms in total. The van der Waals surface area contributed by atoms with Crippen LogP contribution in [0, 0.1) is 18.6 Å². The van der Waals surface area contributed by atoms with Crippen molar-refractivity contribution in [2.24, 2.45) is 0 Å². The lowest BCUT2D eigenvalue weighted by Crippen LogP contribution is -2.18. The summed E-state index contributed by atoms with van der Waals surface area (Å²) in [7, 11) is 0. The van der Waals surface area contributed by atoms with Crippen molar-refractivity contribution in [3.63, 3.8) is 0 Å². The minimum Gasteiger partial charge on any atom is -0.306 e. The Morgan fingerprint density at radius 3 is 2.55 bits per heavy atom. The van der Waals surface area contributed by atoms with Crippen LogP contribution in [0.1, 0.15) is 29.7 Å². The number of halogens is 3. The molecule has 2 aromatic carbocycles. The van der Waals surface area contributed by atoms with Crippen LogP contribution in [0.5, 0.6) is 0 Å². The molecule has 0 amide bonds. The fraction of sp³-hybridized carbons (Fsp3) is 0.250. The van der Waals surface area contributed by atoms with E-state index in [1.54, 1.807) is 13.0 Å². The van der Waals surface area contributed by atoms with Gasteiger partial charge in [-0.15, -0.1) is 0 Å². The molecule has 106 valence electrons. The Balaban J connectivity index is 2.04. The van der Waals surface area contributed by atoms with E-state index in [4.69, 9.17) is 0 Å². The van der Waals surface area contributed by atoms with Gasteiger partial charge in [0.15, 0.2) is 0 Å². The lowest BCUT2D eigenvalue weighted by Gasteiger charge is -2.15. The van der Waals surface area contributed by atoms with E-state index in [1.165, 1.54) is 18.2 Å². The first-order chi connectivity index (χ1) is 9.45. The Bertz CT molecular complexity index is 593. The minimum absolute atomic E-state index is 0.00728. The summed E-state index contributed by atoms with van der Waals surface area (Å²) >= 11 is 3.27. The second-order valence-electron chi connectivity index (χ2n) is 4.89. The zero-order chi connectivity index (χ0) is 14.7. The maximum absolute atomic E-state index is 13.5. The van der Waals surface area contributed by atoms with Gasteiger partial charge in [-0.3, -0.25) is 0 Å². The highest BCUT2D eigenvalue weighted by Gasteiger charge is 2.08. The van der Waals surface area contributed by atoms with Crippen molar-refractivity contribution in [2.45, 2.75) is 26.4 Å². The number of nitrogens with one attached hydrogen (secondary N) is 1. The van der Waals surface area contributed by atoms with Crippen LogP contribution >= 0.6 is 15.9 Å². The highest BCUT2D eigenvalue weighted by molar-refractivity contribution is 9.10. The molecule has 1 unspecified atom stereocenters.